The summed E-state index contributed by atoms with van der Waals surface area (Å²) in [6.45, 7) is -1.49. The first-order chi connectivity index (χ1) is 6.88. The molecule has 88 valence electrons. The number of likely N-dealkylation sites (tertiary alicyclic amines) is 1. The Morgan fingerprint density at radius 2 is 1.81 bits per heavy atom. The summed E-state index contributed by atoms with van der Waals surface area (Å²) in [6, 6.07) is 0. The van der Waals surface area contributed by atoms with E-state index in [9.17, 15) is 17.7 Å². The quantitative estimate of drug-likeness (QED) is 0.626. The Hall–Kier alpha value is 0.961. The number of carbonyl (C=O) groups excluding carboxylic acids is 1. The molecule has 1 aliphatic heterocycles. The topological polar surface area (TPSA) is 20.3 Å². The number of halogens is 3. The van der Waals surface area contributed by atoms with Gasteiger partial charge in [0.15, 0.2) is 0 Å². The third-order valence-electron chi connectivity index (χ3n) is 2.82. The largest absolute Gasteiger partial charge is 1.00 e. The fourth-order valence-electron chi connectivity index (χ4n) is 1.70. The van der Waals surface area contributed by atoms with Crippen molar-refractivity contribution in [1.29, 1.82) is 0 Å². The fourth-order valence-corrected chi connectivity index (χ4v) is 1.70. The van der Waals surface area contributed by atoms with Gasteiger partial charge < -0.3 is 17.8 Å². The van der Waals surface area contributed by atoms with Gasteiger partial charge in [-0.25, -0.2) is 0 Å². The minimum absolute atomic E-state index is 0. The minimum Gasteiger partial charge on any atom is -0.449 e. The monoisotopic (exact) mass is 261 g/mol. The van der Waals surface area contributed by atoms with E-state index in [2.05, 4.69) is 6.92 Å². The van der Waals surface area contributed by atoms with Crippen LogP contribution in [0, 0.1) is 5.92 Å². The first kappa shape index (κ1) is 17.0. The molecule has 1 fully saturated rings. The summed E-state index contributed by atoms with van der Waals surface area (Å²) in [7, 11) is 0. The van der Waals surface area contributed by atoms with Gasteiger partial charge >= 0.3 is 58.4 Å². The van der Waals surface area contributed by atoms with Gasteiger partial charge in [-0.1, -0.05) is 13.2 Å². The summed E-state index contributed by atoms with van der Waals surface area (Å²) in [5.74, 6) is 0.238. The van der Waals surface area contributed by atoms with Crippen molar-refractivity contribution in [3.8, 4) is 0 Å². The van der Waals surface area contributed by atoms with Gasteiger partial charge in [-0.15, -0.1) is 0 Å². The molecule has 16 heavy (non-hydrogen) atoms. The molecule has 2 nitrogen and oxygen atoms in total. The third-order valence-corrected chi connectivity index (χ3v) is 2.82. The first-order valence-electron chi connectivity index (χ1n) is 5.37. The van der Waals surface area contributed by atoms with E-state index in [1.807, 2.05) is 0 Å². The van der Waals surface area contributed by atoms with Gasteiger partial charge in [-0.3, -0.25) is 4.79 Å². The van der Waals surface area contributed by atoms with Crippen molar-refractivity contribution >= 4 is 12.9 Å². The molecule has 0 aromatic carbocycles. The van der Waals surface area contributed by atoms with Crippen LogP contribution in [0.2, 0.25) is 6.32 Å². The zero-order valence-corrected chi connectivity index (χ0v) is 13.0. The van der Waals surface area contributed by atoms with Crippen molar-refractivity contribution in [2.24, 2.45) is 5.92 Å². The van der Waals surface area contributed by atoms with Crippen molar-refractivity contribution < 1.29 is 69.1 Å². The van der Waals surface area contributed by atoms with E-state index in [1.54, 1.807) is 4.90 Å². The molecule has 0 radical (unpaired) electrons. The molecule has 0 bridgehead atoms. The SMILES string of the molecule is CC1CCN(C(=O)CC[B-](F)(F)F)CC1.[K+]. The Morgan fingerprint density at radius 3 is 2.25 bits per heavy atom. The molecule has 1 rings (SSSR count). The predicted molar refractivity (Wildman–Crippen MR) is 53.5 cm³/mol. The summed E-state index contributed by atoms with van der Waals surface area (Å²) in [4.78, 5) is 12.9. The van der Waals surface area contributed by atoms with Crippen LogP contribution in [0.4, 0.5) is 12.9 Å². The molecule has 1 saturated heterocycles. The molecule has 0 spiro atoms. The Morgan fingerprint density at radius 1 is 1.31 bits per heavy atom. The Labute approximate surface area is 137 Å². The smallest absolute Gasteiger partial charge is 0.449 e. The Kier molecular flexibility index (Phi) is 7.85. The van der Waals surface area contributed by atoms with Crippen LogP contribution in [0.3, 0.4) is 0 Å². The van der Waals surface area contributed by atoms with Gasteiger partial charge in [0.25, 0.3) is 0 Å². The summed E-state index contributed by atoms with van der Waals surface area (Å²) in [5, 5.41) is 0. The van der Waals surface area contributed by atoms with Gasteiger partial charge in [0.1, 0.15) is 0 Å². The zero-order valence-electron chi connectivity index (χ0n) is 9.89. The van der Waals surface area contributed by atoms with Crippen LogP contribution >= 0.6 is 0 Å². The maximum absolute atomic E-state index is 11.9. The summed E-state index contributed by atoms with van der Waals surface area (Å²) in [6.07, 6.45) is 0.495. The normalized spacial score (nSPS) is 18.1. The average molecular weight is 261 g/mol. The molecule has 0 aromatic heterocycles. The second-order valence-electron chi connectivity index (χ2n) is 4.31. The molecule has 0 atom stereocenters. The molecular weight excluding hydrogens is 245 g/mol. The summed E-state index contributed by atoms with van der Waals surface area (Å²) >= 11 is 0. The maximum atomic E-state index is 11.9. The van der Waals surface area contributed by atoms with Gasteiger partial charge in [-0.2, -0.15) is 0 Å². The predicted octanol–water partition coefficient (Wildman–Crippen LogP) is -0.514. The first-order valence-corrected chi connectivity index (χ1v) is 5.37. The van der Waals surface area contributed by atoms with Gasteiger partial charge in [0.2, 0.25) is 5.91 Å². The van der Waals surface area contributed by atoms with Gasteiger partial charge in [0, 0.05) is 19.5 Å². The van der Waals surface area contributed by atoms with E-state index in [0.717, 1.165) is 12.8 Å². The number of hydrogen-bond donors (Lipinski definition) is 0. The molecule has 0 N–H and O–H groups in total. The van der Waals surface area contributed by atoms with E-state index in [1.165, 1.54) is 0 Å². The van der Waals surface area contributed by atoms with Crippen molar-refractivity contribution in [3.05, 3.63) is 0 Å². The second kappa shape index (κ2) is 7.41. The van der Waals surface area contributed by atoms with Crippen LogP contribution in [0.15, 0.2) is 0 Å². The molecule has 1 aliphatic rings. The Bertz CT molecular complexity index is 229. The number of nitrogens with zero attached hydrogens (tertiary/aromatic N) is 1. The van der Waals surface area contributed by atoms with Crippen LogP contribution in [-0.4, -0.2) is 30.9 Å². The number of hydrogen-bond acceptors (Lipinski definition) is 1. The Balaban J connectivity index is 0.00000225. The average Bonchev–Trinajstić information content (AvgIpc) is 2.14. The standard InChI is InChI=1S/C9H16BF3NO.K/c1-8-3-6-14(7-4-8)9(15)2-5-10(11,12)13;/h8H,2-7H2,1H3;/q-1;+1. The maximum Gasteiger partial charge on any atom is 1.00 e. The van der Waals surface area contributed by atoms with Crippen LogP contribution in [0.1, 0.15) is 26.2 Å². The van der Waals surface area contributed by atoms with Crippen molar-refractivity contribution in [3.63, 3.8) is 0 Å². The molecular formula is C9H16BF3KNO. The molecule has 7 heteroatoms. The van der Waals surface area contributed by atoms with Gasteiger partial charge in [0.05, 0.1) is 0 Å². The van der Waals surface area contributed by atoms with E-state index in [0.29, 0.717) is 19.0 Å². The molecule has 1 heterocycles. The van der Waals surface area contributed by atoms with Gasteiger partial charge in [-0.05, 0) is 18.8 Å². The van der Waals surface area contributed by atoms with Crippen molar-refractivity contribution in [1.82, 2.24) is 4.90 Å². The second-order valence-corrected chi connectivity index (χ2v) is 4.31. The molecule has 0 aliphatic carbocycles. The van der Waals surface area contributed by atoms with E-state index >= 15 is 0 Å². The number of rotatable bonds is 3. The molecule has 0 unspecified atom stereocenters. The number of amides is 1. The van der Waals surface area contributed by atoms with E-state index in [-0.39, 0.29) is 63.7 Å². The molecule has 1 amide bonds. The molecule has 0 saturated carbocycles. The minimum atomic E-state index is -4.82. The fraction of sp³-hybridized carbons (Fsp3) is 0.889. The van der Waals surface area contributed by atoms with Crippen molar-refractivity contribution in [2.75, 3.05) is 13.1 Å². The third kappa shape index (κ3) is 6.64. The summed E-state index contributed by atoms with van der Waals surface area (Å²) in [5.41, 5.74) is 0. The van der Waals surface area contributed by atoms with Crippen LogP contribution in [0.25, 0.3) is 0 Å². The van der Waals surface area contributed by atoms with E-state index in [4.69, 9.17) is 0 Å². The number of carbonyl (C=O) groups is 1. The van der Waals surface area contributed by atoms with Crippen LogP contribution < -0.4 is 51.4 Å². The van der Waals surface area contributed by atoms with Crippen molar-refractivity contribution in [2.45, 2.75) is 32.5 Å². The summed E-state index contributed by atoms with van der Waals surface area (Å²) < 4.78 is 35.8. The zero-order chi connectivity index (χ0) is 11.5. The van der Waals surface area contributed by atoms with E-state index < -0.39 is 13.3 Å². The van der Waals surface area contributed by atoms with Crippen LogP contribution in [-0.2, 0) is 4.79 Å². The number of piperidine rings is 1. The molecule has 0 aromatic rings. The van der Waals surface area contributed by atoms with Crippen LogP contribution in [0.5, 0.6) is 0 Å².